The molecule has 6 nitrogen and oxygen atoms in total. The third-order valence-electron chi connectivity index (χ3n) is 3.82. The smallest absolute Gasteiger partial charge is 0.225 e. The van der Waals surface area contributed by atoms with E-state index in [0.29, 0.717) is 19.1 Å². The largest absolute Gasteiger partial charge is 0.378 e. The Labute approximate surface area is 127 Å². The second kappa shape index (κ2) is 5.75. The van der Waals surface area contributed by atoms with E-state index in [9.17, 15) is 0 Å². The number of methoxy groups -OCH3 is 1. The zero-order valence-corrected chi connectivity index (χ0v) is 13.3. The molecule has 1 fully saturated rings. The van der Waals surface area contributed by atoms with Gasteiger partial charge in [-0.25, -0.2) is 4.98 Å². The molecular formula is C14H20N4O2S. The number of nitrogens with zero attached hydrogens (tertiary/aromatic N) is 2. The Morgan fingerprint density at radius 2 is 2.33 bits per heavy atom. The summed E-state index contributed by atoms with van der Waals surface area (Å²) in [6.45, 7) is 4.12. The lowest BCUT2D eigenvalue weighted by molar-refractivity contribution is -0.00623. The molecule has 1 atom stereocenters. The second-order valence-electron chi connectivity index (χ2n) is 5.26. The van der Waals surface area contributed by atoms with Crippen molar-refractivity contribution in [2.24, 2.45) is 0 Å². The molecule has 7 heteroatoms. The van der Waals surface area contributed by atoms with Crippen LogP contribution in [-0.2, 0) is 9.47 Å². The Kier molecular flexibility index (Phi) is 3.97. The van der Waals surface area contributed by atoms with E-state index in [2.05, 4.69) is 33.6 Å². The SMILES string of the molecule is CNc1nc(NCC2(OC)CCOC2)c2cc(C)sc2n1. The van der Waals surface area contributed by atoms with Gasteiger partial charge in [-0.1, -0.05) is 0 Å². The van der Waals surface area contributed by atoms with E-state index in [4.69, 9.17) is 9.47 Å². The van der Waals surface area contributed by atoms with Gasteiger partial charge in [0.2, 0.25) is 5.95 Å². The van der Waals surface area contributed by atoms with Gasteiger partial charge in [-0.05, 0) is 13.0 Å². The zero-order chi connectivity index (χ0) is 14.9. The molecule has 114 valence electrons. The minimum atomic E-state index is -0.262. The topological polar surface area (TPSA) is 68.3 Å². The fraction of sp³-hybridized carbons (Fsp3) is 0.571. The van der Waals surface area contributed by atoms with Gasteiger partial charge in [-0.2, -0.15) is 4.98 Å². The van der Waals surface area contributed by atoms with Crippen LogP contribution in [0.25, 0.3) is 10.2 Å². The first kappa shape index (κ1) is 14.5. The first-order valence-electron chi connectivity index (χ1n) is 6.98. The van der Waals surface area contributed by atoms with Crippen LogP contribution in [0.3, 0.4) is 0 Å². The Balaban J connectivity index is 1.88. The van der Waals surface area contributed by atoms with Crippen molar-refractivity contribution in [2.45, 2.75) is 18.9 Å². The van der Waals surface area contributed by atoms with Crippen molar-refractivity contribution in [2.75, 3.05) is 44.5 Å². The molecule has 1 unspecified atom stereocenters. The minimum absolute atomic E-state index is 0.262. The molecule has 0 radical (unpaired) electrons. The van der Waals surface area contributed by atoms with Crippen molar-refractivity contribution >= 4 is 33.3 Å². The maximum atomic E-state index is 5.65. The predicted octanol–water partition coefficient (Wildman–Crippen LogP) is 2.26. The molecule has 3 heterocycles. The minimum Gasteiger partial charge on any atom is -0.378 e. The number of nitrogens with one attached hydrogen (secondary N) is 2. The lowest BCUT2D eigenvalue weighted by Gasteiger charge is -2.26. The Morgan fingerprint density at radius 3 is 3.00 bits per heavy atom. The lowest BCUT2D eigenvalue weighted by atomic mass is 10.0. The van der Waals surface area contributed by atoms with Gasteiger partial charge in [0.15, 0.2) is 0 Å². The number of thiophene rings is 1. The van der Waals surface area contributed by atoms with E-state index in [-0.39, 0.29) is 5.60 Å². The van der Waals surface area contributed by atoms with Crippen molar-refractivity contribution in [1.29, 1.82) is 0 Å². The molecule has 1 aliphatic rings. The van der Waals surface area contributed by atoms with Crippen LogP contribution in [0.2, 0.25) is 0 Å². The van der Waals surface area contributed by atoms with E-state index >= 15 is 0 Å². The summed E-state index contributed by atoms with van der Waals surface area (Å²) >= 11 is 1.67. The Morgan fingerprint density at radius 1 is 1.48 bits per heavy atom. The average Bonchev–Trinajstić information content (AvgIpc) is 3.10. The van der Waals surface area contributed by atoms with E-state index in [1.165, 1.54) is 4.88 Å². The van der Waals surface area contributed by atoms with Crippen molar-refractivity contribution in [3.05, 3.63) is 10.9 Å². The molecule has 0 bridgehead atoms. The molecule has 3 rings (SSSR count). The van der Waals surface area contributed by atoms with Gasteiger partial charge in [0.05, 0.1) is 12.0 Å². The average molecular weight is 308 g/mol. The van der Waals surface area contributed by atoms with Gasteiger partial charge >= 0.3 is 0 Å². The highest BCUT2D eigenvalue weighted by Crippen LogP contribution is 2.30. The number of hydrogen-bond donors (Lipinski definition) is 2. The molecule has 0 spiro atoms. The van der Waals surface area contributed by atoms with Crippen LogP contribution >= 0.6 is 11.3 Å². The standard InChI is InChI=1S/C14H20N4O2S/c1-9-6-10-11(17-13(15-2)18-12(10)21-9)16-7-14(19-3)4-5-20-8-14/h6H,4-5,7-8H2,1-3H3,(H2,15,16,17,18). The highest BCUT2D eigenvalue weighted by molar-refractivity contribution is 7.18. The number of rotatable bonds is 5. The number of anilines is 2. The number of aromatic nitrogens is 2. The van der Waals surface area contributed by atoms with Crippen LogP contribution in [0, 0.1) is 6.92 Å². The lowest BCUT2D eigenvalue weighted by Crippen LogP contribution is -2.39. The summed E-state index contributed by atoms with van der Waals surface area (Å²) < 4.78 is 11.1. The molecule has 1 aliphatic heterocycles. The zero-order valence-electron chi connectivity index (χ0n) is 12.5. The summed E-state index contributed by atoms with van der Waals surface area (Å²) in [5.74, 6) is 1.47. The summed E-state index contributed by atoms with van der Waals surface area (Å²) in [5.41, 5.74) is -0.262. The predicted molar refractivity (Wildman–Crippen MR) is 85.4 cm³/mol. The number of hydrogen-bond acceptors (Lipinski definition) is 7. The van der Waals surface area contributed by atoms with Crippen LogP contribution in [0.15, 0.2) is 6.07 Å². The van der Waals surface area contributed by atoms with Crippen LogP contribution in [-0.4, -0.2) is 49.5 Å². The maximum Gasteiger partial charge on any atom is 0.225 e. The van der Waals surface area contributed by atoms with Crippen molar-refractivity contribution in [3.8, 4) is 0 Å². The fourth-order valence-electron chi connectivity index (χ4n) is 2.49. The van der Waals surface area contributed by atoms with Crippen molar-refractivity contribution in [1.82, 2.24) is 9.97 Å². The highest BCUT2D eigenvalue weighted by atomic mass is 32.1. The molecule has 21 heavy (non-hydrogen) atoms. The summed E-state index contributed by atoms with van der Waals surface area (Å²) in [4.78, 5) is 11.2. The number of ether oxygens (including phenoxy) is 2. The third kappa shape index (κ3) is 2.81. The highest BCUT2D eigenvalue weighted by Gasteiger charge is 2.35. The summed E-state index contributed by atoms with van der Waals surface area (Å²) in [6, 6.07) is 2.12. The van der Waals surface area contributed by atoms with Crippen LogP contribution in [0.1, 0.15) is 11.3 Å². The third-order valence-corrected chi connectivity index (χ3v) is 4.76. The van der Waals surface area contributed by atoms with Gasteiger partial charge in [-0.3, -0.25) is 0 Å². The van der Waals surface area contributed by atoms with Gasteiger partial charge in [0.1, 0.15) is 16.2 Å². The van der Waals surface area contributed by atoms with Gasteiger partial charge in [0.25, 0.3) is 0 Å². The van der Waals surface area contributed by atoms with Crippen molar-refractivity contribution < 1.29 is 9.47 Å². The quantitative estimate of drug-likeness (QED) is 0.883. The molecule has 2 aromatic heterocycles. The molecular weight excluding hydrogens is 288 g/mol. The normalized spacial score (nSPS) is 21.9. The van der Waals surface area contributed by atoms with Gasteiger partial charge in [-0.15, -0.1) is 11.3 Å². The Hall–Kier alpha value is -1.44. The van der Waals surface area contributed by atoms with Crippen molar-refractivity contribution in [3.63, 3.8) is 0 Å². The van der Waals surface area contributed by atoms with Crippen LogP contribution in [0.4, 0.5) is 11.8 Å². The Bertz CT molecular complexity index is 637. The summed E-state index contributed by atoms with van der Waals surface area (Å²) in [6.07, 6.45) is 0.895. The maximum absolute atomic E-state index is 5.65. The fourth-order valence-corrected chi connectivity index (χ4v) is 3.37. The summed E-state index contributed by atoms with van der Waals surface area (Å²) in [5, 5.41) is 7.49. The van der Waals surface area contributed by atoms with Crippen LogP contribution in [0.5, 0.6) is 0 Å². The van der Waals surface area contributed by atoms with E-state index in [0.717, 1.165) is 29.1 Å². The molecule has 2 N–H and O–H groups in total. The monoisotopic (exact) mass is 308 g/mol. The molecule has 0 amide bonds. The van der Waals surface area contributed by atoms with Crippen LogP contribution < -0.4 is 10.6 Å². The molecule has 2 aromatic rings. The van der Waals surface area contributed by atoms with E-state index < -0.39 is 0 Å². The number of fused-ring (bicyclic) bond motifs is 1. The first-order valence-corrected chi connectivity index (χ1v) is 7.80. The number of aryl methyl sites for hydroxylation is 1. The molecule has 0 aromatic carbocycles. The molecule has 0 saturated carbocycles. The molecule has 0 aliphatic carbocycles. The van der Waals surface area contributed by atoms with E-state index in [1.54, 1.807) is 18.4 Å². The van der Waals surface area contributed by atoms with E-state index in [1.807, 2.05) is 7.05 Å². The summed E-state index contributed by atoms with van der Waals surface area (Å²) in [7, 11) is 3.56. The van der Waals surface area contributed by atoms with Gasteiger partial charge < -0.3 is 20.1 Å². The molecule has 1 saturated heterocycles. The first-order chi connectivity index (χ1) is 10.2. The van der Waals surface area contributed by atoms with Gasteiger partial charge in [0, 0.05) is 38.6 Å². The second-order valence-corrected chi connectivity index (χ2v) is 6.50.